The van der Waals surface area contributed by atoms with Gasteiger partial charge in [0.1, 0.15) is 0 Å². The van der Waals surface area contributed by atoms with E-state index in [1.54, 1.807) is 11.3 Å². The minimum absolute atomic E-state index is 0.625. The molecule has 2 nitrogen and oxygen atoms in total. The van der Waals surface area contributed by atoms with Crippen LogP contribution < -0.4 is 5.73 Å². The van der Waals surface area contributed by atoms with Crippen LogP contribution in [0.25, 0.3) is 0 Å². The standard InChI is InChI=1S/C13H12BrClN2S/c14-9-3-4-10(15)8(5-9)6-11-12(7-1-2-7)17-13(16)18-11/h3-5,7H,1-2,6H2,(H2,16,17). The summed E-state index contributed by atoms with van der Waals surface area (Å²) in [6.45, 7) is 0. The highest BCUT2D eigenvalue weighted by Gasteiger charge is 2.29. The summed E-state index contributed by atoms with van der Waals surface area (Å²) >= 11 is 11.3. The number of hydrogen-bond donors (Lipinski definition) is 1. The summed E-state index contributed by atoms with van der Waals surface area (Å²) in [6, 6.07) is 5.94. The molecule has 1 fully saturated rings. The van der Waals surface area contributed by atoms with Crippen molar-refractivity contribution in [2.24, 2.45) is 0 Å². The quantitative estimate of drug-likeness (QED) is 0.884. The molecule has 1 aromatic heterocycles. The fraction of sp³-hybridized carbons (Fsp3) is 0.308. The van der Waals surface area contributed by atoms with E-state index in [1.807, 2.05) is 12.1 Å². The number of nitrogens with zero attached hydrogens (tertiary/aromatic N) is 1. The molecule has 0 bridgehead atoms. The van der Waals surface area contributed by atoms with Crippen LogP contribution in [0.2, 0.25) is 5.02 Å². The number of hydrogen-bond acceptors (Lipinski definition) is 3. The molecule has 94 valence electrons. The molecule has 3 rings (SSSR count). The van der Waals surface area contributed by atoms with Crippen molar-refractivity contribution in [2.45, 2.75) is 25.2 Å². The Morgan fingerprint density at radius 3 is 2.94 bits per heavy atom. The first-order chi connectivity index (χ1) is 8.63. The molecular weight excluding hydrogens is 332 g/mol. The summed E-state index contributed by atoms with van der Waals surface area (Å²) in [5.41, 5.74) is 8.14. The van der Waals surface area contributed by atoms with Crippen LogP contribution in [0.5, 0.6) is 0 Å². The van der Waals surface area contributed by atoms with Crippen molar-refractivity contribution in [3.05, 3.63) is 43.8 Å². The van der Waals surface area contributed by atoms with Gasteiger partial charge in [-0.1, -0.05) is 27.5 Å². The van der Waals surface area contributed by atoms with Crippen LogP contribution in [-0.4, -0.2) is 4.98 Å². The fourth-order valence-electron chi connectivity index (χ4n) is 2.04. The zero-order chi connectivity index (χ0) is 12.7. The summed E-state index contributed by atoms with van der Waals surface area (Å²) in [4.78, 5) is 5.72. The third kappa shape index (κ3) is 2.56. The second-order valence-corrected chi connectivity index (χ2v) is 6.99. The van der Waals surface area contributed by atoms with E-state index in [-0.39, 0.29) is 0 Å². The normalized spacial score (nSPS) is 15.0. The molecule has 1 aliphatic rings. The van der Waals surface area contributed by atoms with Gasteiger partial charge >= 0.3 is 0 Å². The summed E-state index contributed by atoms with van der Waals surface area (Å²) in [5.74, 6) is 0.625. The third-order valence-corrected chi connectivity index (χ3v) is 4.83. The van der Waals surface area contributed by atoms with Gasteiger partial charge in [0, 0.05) is 26.7 Å². The Morgan fingerprint density at radius 2 is 2.22 bits per heavy atom. The average Bonchev–Trinajstić information content (AvgIpc) is 3.09. The van der Waals surface area contributed by atoms with Crippen LogP contribution in [-0.2, 0) is 6.42 Å². The van der Waals surface area contributed by atoms with Gasteiger partial charge < -0.3 is 5.73 Å². The smallest absolute Gasteiger partial charge is 0.180 e. The molecule has 0 unspecified atom stereocenters. The van der Waals surface area contributed by atoms with Crippen molar-refractivity contribution in [1.82, 2.24) is 4.98 Å². The fourth-order valence-corrected chi connectivity index (χ4v) is 3.57. The number of benzene rings is 1. The van der Waals surface area contributed by atoms with Gasteiger partial charge in [-0.2, -0.15) is 0 Å². The van der Waals surface area contributed by atoms with E-state index in [9.17, 15) is 0 Å². The lowest BCUT2D eigenvalue weighted by atomic mass is 10.1. The zero-order valence-corrected chi connectivity index (χ0v) is 12.8. The Kier molecular flexibility index (Phi) is 3.34. The lowest BCUT2D eigenvalue weighted by Crippen LogP contribution is -1.92. The van der Waals surface area contributed by atoms with Crippen molar-refractivity contribution in [3.63, 3.8) is 0 Å². The van der Waals surface area contributed by atoms with Crippen molar-refractivity contribution < 1.29 is 0 Å². The van der Waals surface area contributed by atoms with E-state index in [0.717, 1.165) is 21.5 Å². The molecule has 0 atom stereocenters. The summed E-state index contributed by atoms with van der Waals surface area (Å²) in [5, 5.41) is 1.46. The van der Waals surface area contributed by atoms with E-state index < -0.39 is 0 Å². The lowest BCUT2D eigenvalue weighted by Gasteiger charge is -2.05. The Balaban J connectivity index is 1.94. The SMILES string of the molecule is Nc1nc(C2CC2)c(Cc2cc(Br)ccc2Cl)s1. The van der Waals surface area contributed by atoms with Gasteiger partial charge in [-0.3, -0.25) is 0 Å². The molecule has 1 aromatic carbocycles. The molecule has 18 heavy (non-hydrogen) atoms. The Labute approximate surface area is 123 Å². The first-order valence-electron chi connectivity index (χ1n) is 5.82. The zero-order valence-electron chi connectivity index (χ0n) is 9.62. The van der Waals surface area contributed by atoms with Crippen LogP contribution >= 0.6 is 38.9 Å². The van der Waals surface area contributed by atoms with E-state index in [1.165, 1.54) is 23.4 Å². The summed E-state index contributed by atoms with van der Waals surface area (Å²) < 4.78 is 1.05. The van der Waals surface area contributed by atoms with Gasteiger partial charge in [0.15, 0.2) is 5.13 Å². The van der Waals surface area contributed by atoms with E-state index in [2.05, 4.69) is 27.0 Å². The molecule has 5 heteroatoms. The van der Waals surface area contributed by atoms with Crippen LogP contribution in [0.4, 0.5) is 5.13 Å². The van der Waals surface area contributed by atoms with Crippen molar-refractivity contribution in [2.75, 3.05) is 5.73 Å². The number of nitrogen functional groups attached to an aromatic ring is 1. The highest BCUT2D eigenvalue weighted by Crippen LogP contribution is 2.44. The molecule has 0 spiro atoms. The second-order valence-electron chi connectivity index (χ2n) is 4.55. The highest BCUT2D eigenvalue weighted by molar-refractivity contribution is 9.10. The number of rotatable bonds is 3. The second kappa shape index (κ2) is 4.83. The maximum Gasteiger partial charge on any atom is 0.180 e. The predicted molar refractivity (Wildman–Crippen MR) is 80.5 cm³/mol. The van der Waals surface area contributed by atoms with E-state index in [4.69, 9.17) is 17.3 Å². The minimum Gasteiger partial charge on any atom is -0.375 e. The molecule has 2 aromatic rings. The molecule has 0 radical (unpaired) electrons. The molecule has 2 N–H and O–H groups in total. The topological polar surface area (TPSA) is 38.9 Å². The number of anilines is 1. The van der Waals surface area contributed by atoms with Gasteiger partial charge in [-0.05, 0) is 36.6 Å². The van der Waals surface area contributed by atoms with Gasteiger partial charge in [0.05, 0.1) is 5.69 Å². The monoisotopic (exact) mass is 342 g/mol. The van der Waals surface area contributed by atoms with Gasteiger partial charge in [-0.25, -0.2) is 4.98 Å². The highest BCUT2D eigenvalue weighted by atomic mass is 79.9. The number of halogens is 2. The largest absolute Gasteiger partial charge is 0.375 e. The maximum absolute atomic E-state index is 6.23. The van der Waals surface area contributed by atoms with Crippen molar-refractivity contribution in [1.29, 1.82) is 0 Å². The molecule has 0 aliphatic heterocycles. The molecule has 0 saturated heterocycles. The van der Waals surface area contributed by atoms with Crippen molar-refractivity contribution in [3.8, 4) is 0 Å². The Bertz CT molecular complexity index is 593. The van der Waals surface area contributed by atoms with E-state index >= 15 is 0 Å². The van der Waals surface area contributed by atoms with Crippen LogP contribution in [0.15, 0.2) is 22.7 Å². The minimum atomic E-state index is 0.625. The summed E-state index contributed by atoms with van der Waals surface area (Å²) in [6.07, 6.45) is 3.30. The van der Waals surface area contributed by atoms with Gasteiger partial charge in [0.25, 0.3) is 0 Å². The first-order valence-corrected chi connectivity index (χ1v) is 7.81. The van der Waals surface area contributed by atoms with Crippen LogP contribution in [0.1, 0.15) is 34.9 Å². The van der Waals surface area contributed by atoms with Crippen LogP contribution in [0, 0.1) is 0 Å². The summed E-state index contributed by atoms with van der Waals surface area (Å²) in [7, 11) is 0. The number of aromatic nitrogens is 1. The van der Waals surface area contributed by atoms with Crippen molar-refractivity contribution >= 4 is 44.0 Å². The van der Waals surface area contributed by atoms with Gasteiger partial charge in [0.2, 0.25) is 0 Å². The third-order valence-electron chi connectivity index (χ3n) is 3.07. The molecule has 1 heterocycles. The Morgan fingerprint density at radius 1 is 1.44 bits per heavy atom. The Hall–Kier alpha value is -0.580. The molecule has 1 aliphatic carbocycles. The maximum atomic E-state index is 6.23. The number of nitrogens with two attached hydrogens (primary N) is 1. The lowest BCUT2D eigenvalue weighted by molar-refractivity contribution is 1.01. The first kappa shape index (κ1) is 12.5. The predicted octanol–water partition coefficient (Wildman–Crippen LogP) is 4.61. The van der Waals surface area contributed by atoms with Crippen LogP contribution in [0.3, 0.4) is 0 Å². The molecule has 1 saturated carbocycles. The van der Waals surface area contributed by atoms with Gasteiger partial charge in [-0.15, -0.1) is 11.3 Å². The molecular formula is C13H12BrClN2S. The number of thiazole rings is 1. The molecule has 0 amide bonds. The average molecular weight is 344 g/mol. The van der Waals surface area contributed by atoms with E-state index in [0.29, 0.717) is 11.0 Å².